The van der Waals surface area contributed by atoms with Crippen molar-refractivity contribution in [2.75, 3.05) is 6.61 Å². The monoisotopic (exact) mass is 436 g/mol. The van der Waals surface area contributed by atoms with E-state index < -0.39 is 0 Å². The summed E-state index contributed by atoms with van der Waals surface area (Å²) in [6, 6.07) is 10.8. The molecule has 2 aliphatic carbocycles. The molecular weight excluding hydrogens is 388 g/mol. The molecular formula is C31H48O. The number of unbranched alkanes of at least 4 members (excludes halogenated alkanes) is 1. The molecule has 3 rings (SSSR count). The van der Waals surface area contributed by atoms with E-state index in [1.54, 1.807) is 0 Å². The van der Waals surface area contributed by atoms with Gasteiger partial charge in [0, 0.05) is 0 Å². The molecule has 1 unspecified atom stereocenters. The number of hydrogen-bond acceptors (Lipinski definition) is 1. The normalized spacial score (nSPS) is 27.4. The van der Waals surface area contributed by atoms with Gasteiger partial charge in [0.15, 0.2) is 0 Å². The summed E-state index contributed by atoms with van der Waals surface area (Å²) in [5.41, 5.74) is 1.34. The summed E-state index contributed by atoms with van der Waals surface area (Å²) in [6.45, 7) is 6.77. The second-order valence-electron chi connectivity index (χ2n) is 10.6. The van der Waals surface area contributed by atoms with Crippen molar-refractivity contribution in [3.05, 3.63) is 60.7 Å². The lowest BCUT2D eigenvalue weighted by atomic mass is 9.77. The van der Waals surface area contributed by atoms with Gasteiger partial charge in [0.2, 0.25) is 0 Å². The summed E-state index contributed by atoms with van der Waals surface area (Å²) in [5, 5.41) is 0. The van der Waals surface area contributed by atoms with Gasteiger partial charge in [-0.15, -0.1) is 6.58 Å². The van der Waals surface area contributed by atoms with E-state index in [4.69, 9.17) is 4.74 Å². The molecule has 0 aliphatic heterocycles. The number of rotatable bonds is 13. The van der Waals surface area contributed by atoms with E-state index in [2.05, 4.69) is 62.1 Å². The Bertz CT molecular complexity index is 632. The summed E-state index contributed by atoms with van der Waals surface area (Å²) in [6.07, 6.45) is 26.5. The summed E-state index contributed by atoms with van der Waals surface area (Å²) in [7, 11) is 0. The number of allylic oxidation sites excluding steroid dienone is 2. The molecule has 0 saturated heterocycles. The smallest absolute Gasteiger partial charge is 0.0829 e. The lowest BCUT2D eigenvalue weighted by Gasteiger charge is -2.30. The summed E-state index contributed by atoms with van der Waals surface area (Å²) >= 11 is 0. The molecule has 1 atom stereocenters. The Kier molecular flexibility index (Phi) is 11.6. The zero-order chi connectivity index (χ0) is 22.4. The van der Waals surface area contributed by atoms with Gasteiger partial charge in [0.05, 0.1) is 12.7 Å². The van der Waals surface area contributed by atoms with Gasteiger partial charge in [-0.3, -0.25) is 0 Å². The average molecular weight is 437 g/mol. The van der Waals surface area contributed by atoms with Gasteiger partial charge in [-0.05, 0) is 74.7 Å². The summed E-state index contributed by atoms with van der Waals surface area (Å²) in [4.78, 5) is 0. The highest BCUT2D eigenvalue weighted by Crippen LogP contribution is 2.37. The third-order valence-electron chi connectivity index (χ3n) is 8.30. The molecule has 0 N–H and O–H groups in total. The highest BCUT2D eigenvalue weighted by atomic mass is 16.5. The Labute approximate surface area is 198 Å². The lowest BCUT2D eigenvalue weighted by Crippen LogP contribution is -2.16. The first-order valence-corrected chi connectivity index (χ1v) is 13.7. The van der Waals surface area contributed by atoms with Crippen LogP contribution in [0.15, 0.2) is 55.1 Å². The molecule has 0 radical (unpaired) electrons. The minimum atomic E-state index is 0.242. The minimum Gasteiger partial charge on any atom is -0.369 e. The van der Waals surface area contributed by atoms with Gasteiger partial charge in [0.1, 0.15) is 0 Å². The first-order valence-electron chi connectivity index (χ1n) is 13.7. The molecule has 2 fully saturated rings. The van der Waals surface area contributed by atoms with Crippen molar-refractivity contribution < 1.29 is 4.74 Å². The molecule has 1 aromatic carbocycles. The van der Waals surface area contributed by atoms with Gasteiger partial charge >= 0.3 is 0 Å². The van der Waals surface area contributed by atoms with E-state index >= 15 is 0 Å². The second-order valence-corrected chi connectivity index (χ2v) is 10.6. The van der Waals surface area contributed by atoms with Crippen molar-refractivity contribution in [2.45, 2.75) is 103 Å². The number of hydrogen-bond donors (Lipinski definition) is 0. The number of ether oxygens (including phenoxy) is 1. The largest absolute Gasteiger partial charge is 0.369 e. The van der Waals surface area contributed by atoms with Crippen LogP contribution < -0.4 is 0 Å². The maximum Gasteiger partial charge on any atom is 0.0829 e. The van der Waals surface area contributed by atoms with Gasteiger partial charge in [-0.25, -0.2) is 0 Å². The van der Waals surface area contributed by atoms with E-state index in [1.807, 2.05) is 0 Å². The van der Waals surface area contributed by atoms with Crippen LogP contribution in [0.25, 0.3) is 0 Å². The fourth-order valence-electron chi connectivity index (χ4n) is 6.06. The average Bonchev–Trinajstić information content (AvgIpc) is 2.85. The molecule has 1 nitrogen and oxygen atoms in total. The lowest BCUT2D eigenvalue weighted by molar-refractivity contribution is 0.0593. The molecule has 0 heterocycles. The van der Waals surface area contributed by atoms with Crippen LogP contribution >= 0.6 is 0 Å². The molecule has 32 heavy (non-hydrogen) atoms. The Morgan fingerprint density at radius 1 is 0.844 bits per heavy atom. The van der Waals surface area contributed by atoms with Gasteiger partial charge in [-0.2, -0.15) is 0 Å². The summed E-state index contributed by atoms with van der Waals surface area (Å²) in [5.74, 6) is 3.72. The van der Waals surface area contributed by atoms with Crippen molar-refractivity contribution >= 4 is 0 Å². The van der Waals surface area contributed by atoms with Gasteiger partial charge in [-0.1, -0.05) is 99.9 Å². The second kappa shape index (κ2) is 14.7. The topological polar surface area (TPSA) is 9.23 Å². The zero-order valence-corrected chi connectivity index (χ0v) is 20.7. The predicted octanol–water partition coefficient (Wildman–Crippen LogP) is 9.46. The van der Waals surface area contributed by atoms with Gasteiger partial charge < -0.3 is 4.74 Å². The zero-order valence-electron chi connectivity index (χ0n) is 20.7. The molecule has 2 aliphatic rings. The highest BCUT2D eigenvalue weighted by molar-refractivity contribution is 5.17. The van der Waals surface area contributed by atoms with Gasteiger partial charge in [0.25, 0.3) is 0 Å². The molecule has 0 spiro atoms. The van der Waals surface area contributed by atoms with E-state index in [9.17, 15) is 0 Å². The van der Waals surface area contributed by atoms with Crippen LogP contribution in [-0.4, -0.2) is 6.61 Å². The van der Waals surface area contributed by atoms with Crippen molar-refractivity contribution in [3.63, 3.8) is 0 Å². The van der Waals surface area contributed by atoms with Crippen LogP contribution in [0, 0.1) is 23.7 Å². The van der Waals surface area contributed by atoms with E-state index in [0.29, 0.717) is 0 Å². The first-order chi connectivity index (χ1) is 15.8. The fourth-order valence-corrected chi connectivity index (χ4v) is 6.06. The molecule has 1 aromatic rings. The quantitative estimate of drug-likeness (QED) is 0.221. The third kappa shape index (κ3) is 8.89. The van der Waals surface area contributed by atoms with Crippen LogP contribution in [-0.2, 0) is 4.74 Å². The van der Waals surface area contributed by atoms with Crippen LogP contribution in [0.1, 0.15) is 108 Å². The maximum atomic E-state index is 6.22. The SMILES string of the molecule is C=CC1CCC(CCCCC2CCC(CCC(OCC=CC)c3ccccc3)CC2)CC1. The molecule has 0 bridgehead atoms. The molecule has 0 amide bonds. The molecule has 178 valence electrons. The molecule has 1 heteroatoms. The maximum absolute atomic E-state index is 6.22. The van der Waals surface area contributed by atoms with Crippen molar-refractivity contribution in [1.29, 1.82) is 0 Å². The van der Waals surface area contributed by atoms with Crippen LogP contribution in [0.2, 0.25) is 0 Å². The summed E-state index contributed by atoms with van der Waals surface area (Å²) < 4.78 is 6.22. The fraction of sp³-hybridized carbons (Fsp3) is 0.677. The minimum absolute atomic E-state index is 0.242. The van der Waals surface area contributed by atoms with E-state index in [1.165, 1.54) is 89.0 Å². The third-order valence-corrected chi connectivity index (χ3v) is 8.30. The van der Waals surface area contributed by atoms with Crippen molar-refractivity contribution in [1.82, 2.24) is 0 Å². The Hall–Kier alpha value is -1.34. The van der Waals surface area contributed by atoms with Crippen LogP contribution in [0.4, 0.5) is 0 Å². The Morgan fingerprint density at radius 2 is 1.41 bits per heavy atom. The first kappa shape index (κ1) is 25.3. The number of benzene rings is 1. The van der Waals surface area contributed by atoms with Crippen molar-refractivity contribution in [3.8, 4) is 0 Å². The van der Waals surface area contributed by atoms with E-state index in [-0.39, 0.29) is 6.10 Å². The van der Waals surface area contributed by atoms with E-state index in [0.717, 1.165) is 36.7 Å². The van der Waals surface area contributed by atoms with Crippen LogP contribution in [0.3, 0.4) is 0 Å². The predicted molar refractivity (Wildman–Crippen MR) is 139 cm³/mol. The Morgan fingerprint density at radius 3 is 1.97 bits per heavy atom. The standard InChI is InChI=1S/C31H48O/c1-3-5-25-32-31(30-13-7-6-8-14-30)24-23-29-21-19-28(20-22-29)12-10-9-11-27-17-15-26(4-2)16-18-27/h3-8,13-14,26-29,31H,2,9-12,15-25H2,1H3. The molecule has 0 aromatic heterocycles. The van der Waals surface area contributed by atoms with Crippen molar-refractivity contribution in [2.24, 2.45) is 23.7 Å². The van der Waals surface area contributed by atoms with Crippen LogP contribution in [0.5, 0.6) is 0 Å². The highest BCUT2D eigenvalue weighted by Gasteiger charge is 2.23. The molecule has 2 saturated carbocycles. The Balaban J connectivity index is 1.29.